The zero-order valence-electron chi connectivity index (χ0n) is 19.6. The van der Waals surface area contributed by atoms with Crippen LogP contribution >= 0.6 is 39.7 Å². The Balaban J connectivity index is 4.45. The van der Waals surface area contributed by atoms with Crippen molar-refractivity contribution in [1.29, 1.82) is 0 Å². The molecule has 0 atom stereocenters. The van der Waals surface area contributed by atoms with Gasteiger partial charge < -0.3 is 0 Å². The summed E-state index contributed by atoms with van der Waals surface area (Å²) in [6.07, 6.45) is 25.5. The predicted octanol–water partition coefficient (Wildman–Crippen LogP) is 11.0. The highest BCUT2D eigenvalue weighted by atomic mass is 33.4. The Hall–Kier alpha value is 1.48. The van der Waals surface area contributed by atoms with Crippen molar-refractivity contribution in [2.75, 3.05) is 17.3 Å². The molecule has 0 aliphatic rings. The molecule has 0 saturated carbocycles. The van der Waals surface area contributed by atoms with Gasteiger partial charge >= 0.3 is 0 Å². The molecule has 0 amide bonds. The lowest BCUT2D eigenvalue weighted by Gasteiger charge is -2.43. The van der Waals surface area contributed by atoms with Crippen LogP contribution in [0.25, 0.3) is 0 Å². The van der Waals surface area contributed by atoms with E-state index >= 15 is 0 Å². The summed E-state index contributed by atoms with van der Waals surface area (Å²) in [7, 11) is -0.598. The Morgan fingerprint density at radius 3 is 0.929 bits per heavy atom. The van der Waals surface area contributed by atoms with Crippen LogP contribution in [0, 0.1) is 0 Å². The molecule has 0 aromatic carbocycles. The van der Waals surface area contributed by atoms with E-state index in [9.17, 15) is 0 Å². The lowest BCUT2D eigenvalue weighted by Crippen LogP contribution is -2.11. The molecule has 0 radical (unpaired) electrons. The van der Waals surface area contributed by atoms with E-state index in [4.69, 9.17) is 24.5 Å². The van der Waals surface area contributed by atoms with Crippen LogP contribution in [0.4, 0.5) is 0 Å². The van der Waals surface area contributed by atoms with Crippen molar-refractivity contribution in [2.24, 2.45) is 0 Å². The molecule has 0 saturated heterocycles. The third-order valence-corrected chi connectivity index (χ3v) is 19.8. The predicted molar refractivity (Wildman–Crippen MR) is 147 cm³/mol. The molecule has 0 heterocycles. The minimum absolute atomic E-state index is 0.359. The minimum Gasteiger partial charge on any atom is -0.203 e. The van der Waals surface area contributed by atoms with Crippen LogP contribution in [-0.4, -0.2) is 17.3 Å². The number of hydrogen-bond acceptors (Lipinski definition) is 2. The standard InChI is InChI=1S/C24H53PS3/c1-4-7-10-13-16-19-22-28(25(26)27,23-20-17-14-11-8-5-2)24-21-18-15-12-9-6-3/h26-27H,4-24H2,1-3H3. The van der Waals surface area contributed by atoms with Crippen molar-refractivity contribution < 1.29 is 0 Å². The maximum absolute atomic E-state index is 5.02. The van der Waals surface area contributed by atoms with E-state index in [0.717, 1.165) is 0 Å². The lowest BCUT2D eigenvalue weighted by atomic mass is 10.1. The molecule has 0 aromatic heterocycles. The summed E-state index contributed by atoms with van der Waals surface area (Å²) < 4.78 is 0. The summed E-state index contributed by atoms with van der Waals surface area (Å²) in [6.45, 7) is 6.93. The van der Waals surface area contributed by atoms with Gasteiger partial charge in [0, 0.05) is 5.53 Å². The van der Waals surface area contributed by atoms with E-state index in [0.29, 0.717) is 0 Å². The van der Waals surface area contributed by atoms with Gasteiger partial charge in [0.05, 0.1) is 0 Å². The highest BCUT2D eigenvalue weighted by Crippen LogP contribution is 2.81. The molecule has 0 rings (SSSR count). The van der Waals surface area contributed by atoms with E-state index in [1.165, 1.54) is 133 Å². The third-order valence-electron chi connectivity index (χ3n) is 5.98. The first kappa shape index (κ1) is 29.5. The Morgan fingerprint density at radius 2 is 0.679 bits per heavy atom. The lowest BCUT2D eigenvalue weighted by molar-refractivity contribution is 0.619. The molecule has 0 unspecified atom stereocenters. The highest BCUT2D eigenvalue weighted by Gasteiger charge is 2.28. The molecule has 172 valence electrons. The van der Waals surface area contributed by atoms with Crippen molar-refractivity contribution >= 4 is 39.7 Å². The first-order valence-electron chi connectivity index (χ1n) is 12.6. The quantitative estimate of drug-likeness (QED) is 0.0880. The van der Waals surface area contributed by atoms with Gasteiger partial charge in [-0.2, -0.15) is 0 Å². The molecule has 0 aliphatic heterocycles. The summed E-state index contributed by atoms with van der Waals surface area (Å²) in [4.78, 5) is 0. The summed E-state index contributed by atoms with van der Waals surface area (Å²) in [6, 6.07) is 0. The van der Waals surface area contributed by atoms with E-state index in [1.807, 2.05) is 0 Å². The summed E-state index contributed by atoms with van der Waals surface area (Å²) in [5, 5.41) is 0. The topological polar surface area (TPSA) is 0 Å². The summed E-state index contributed by atoms with van der Waals surface area (Å²) in [5.41, 5.74) is -0.359. The molecule has 4 heteroatoms. The SMILES string of the molecule is CCCCCCCCS(CCCCCCCC)(CCCCCCCC)P(S)S. The van der Waals surface area contributed by atoms with Gasteiger partial charge in [0.25, 0.3) is 0 Å². The van der Waals surface area contributed by atoms with Crippen LogP contribution < -0.4 is 0 Å². The average Bonchev–Trinajstić information content (AvgIpc) is 2.69. The number of unbranched alkanes of at least 4 members (excludes halogenated alkanes) is 15. The van der Waals surface area contributed by atoms with Gasteiger partial charge in [-0.3, -0.25) is 0 Å². The van der Waals surface area contributed by atoms with Gasteiger partial charge in [0.2, 0.25) is 0 Å². The maximum atomic E-state index is 5.02. The number of hydrogen-bond donors (Lipinski definition) is 2. The summed E-state index contributed by atoms with van der Waals surface area (Å²) in [5.74, 6) is 4.38. The fourth-order valence-corrected chi connectivity index (χ4v) is 14.4. The molecule has 0 nitrogen and oxygen atoms in total. The smallest absolute Gasteiger partial charge is 0.0490 e. The van der Waals surface area contributed by atoms with Crippen molar-refractivity contribution in [1.82, 2.24) is 0 Å². The van der Waals surface area contributed by atoms with E-state index in [2.05, 4.69) is 20.8 Å². The molecule has 0 N–H and O–H groups in total. The number of rotatable bonds is 22. The van der Waals surface area contributed by atoms with Crippen LogP contribution in [-0.2, 0) is 0 Å². The molecule has 0 spiro atoms. The van der Waals surface area contributed by atoms with Gasteiger partial charge in [-0.1, -0.05) is 117 Å². The van der Waals surface area contributed by atoms with E-state index < -0.39 is 9.65 Å². The van der Waals surface area contributed by atoms with Gasteiger partial charge in [0.15, 0.2) is 0 Å². The Kier molecular flexibility index (Phi) is 22.8. The van der Waals surface area contributed by atoms with Crippen molar-refractivity contribution in [3.05, 3.63) is 0 Å². The molecular formula is C24H53PS3. The van der Waals surface area contributed by atoms with Gasteiger partial charge in [0.1, 0.15) is 0 Å². The minimum atomic E-state index is -0.598. The Morgan fingerprint density at radius 1 is 0.429 bits per heavy atom. The van der Waals surface area contributed by atoms with E-state index in [1.54, 1.807) is 0 Å². The molecule has 28 heavy (non-hydrogen) atoms. The van der Waals surface area contributed by atoms with Crippen LogP contribution in [0.5, 0.6) is 0 Å². The van der Waals surface area contributed by atoms with Crippen molar-refractivity contribution in [3.8, 4) is 0 Å². The fraction of sp³-hybridized carbons (Fsp3) is 1.00. The van der Waals surface area contributed by atoms with Crippen molar-refractivity contribution in [2.45, 2.75) is 136 Å². The van der Waals surface area contributed by atoms with Crippen LogP contribution in [0.1, 0.15) is 136 Å². The largest absolute Gasteiger partial charge is 0.203 e. The zero-order valence-corrected chi connectivity index (χ0v) is 23.1. The van der Waals surface area contributed by atoms with Crippen molar-refractivity contribution in [3.63, 3.8) is 0 Å². The number of thiol groups is 2. The Labute approximate surface area is 192 Å². The first-order chi connectivity index (χ1) is 13.6. The molecule has 0 bridgehead atoms. The monoisotopic (exact) mass is 468 g/mol. The van der Waals surface area contributed by atoms with Gasteiger partial charge in [-0.25, -0.2) is 9.65 Å². The molecule has 0 aromatic rings. The maximum Gasteiger partial charge on any atom is 0.0490 e. The van der Waals surface area contributed by atoms with Crippen LogP contribution in [0.3, 0.4) is 0 Å². The Bertz CT molecular complexity index is 269. The second-order valence-electron chi connectivity index (χ2n) is 8.67. The average molecular weight is 469 g/mol. The van der Waals surface area contributed by atoms with Gasteiger partial charge in [-0.15, -0.1) is 24.5 Å². The molecular weight excluding hydrogens is 415 g/mol. The summed E-state index contributed by atoms with van der Waals surface area (Å²) >= 11 is 10.0. The van der Waals surface area contributed by atoms with Gasteiger partial charge in [-0.05, 0) is 36.5 Å². The van der Waals surface area contributed by atoms with Crippen LogP contribution in [0.2, 0.25) is 0 Å². The van der Waals surface area contributed by atoms with Crippen LogP contribution in [0.15, 0.2) is 0 Å². The first-order valence-corrected chi connectivity index (χ1v) is 19.0. The fourth-order valence-electron chi connectivity index (χ4n) is 4.00. The second-order valence-corrected chi connectivity index (χ2v) is 20.8. The molecule has 0 aliphatic carbocycles. The molecule has 0 fully saturated rings. The zero-order chi connectivity index (χ0) is 20.9. The second kappa shape index (κ2) is 21.7. The van der Waals surface area contributed by atoms with E-state index in [-0.39, 0.29) is 5.53 Å². The third kappa shape index (κ3) is 16.2. The normalized spacial score (nSPS) is 12.8. The highest BCUT2D eigenvalue weighted by molar-refractivity contribution is 9.14.